The van der Waals surface area contributed by atoms with Crippen molar-refractivity contribution in [1.82, 2.24) is 15.0 Å². The van der Waals surface area contributed by atoms with Crippen molar-refractivity contribution in [2.45, 2.75) is 6.92 Å². The summed E-state index contributed by atoms with van der Waals surface area (Å²) in [6.45, 7) is 1.47. The van der Waals surface area contributed by atoms with Gasteiger partial charge >= 0.3 is 0 Å². The van der Waals surface area contributed by atoms with E-state index in [2.05, 4.69) is 30.9 Å². The zero-order chi connectivity index (χ0) is 17.6. The Labute approximate surface area is 144 Å². The van der Waals surface area contributed by atoms with Crippen LogP contribution in [0, 0.1) is 0 Å². The van der Waals surface area contributed by atoms with Crippen molar-refractivity contribution in [3.05, 3.63) is 54.9 Å². The number of hydrogen-bond acceptors (Lipinski definition) is 7. The lowest BCUT2D eigenvalue weighted by Crippen LogP contribution is -2.06. The summed E-state index contributed by atoms with van der Waals surface area (Å²) in [6, 6.07) is 12.7. The van der Waals surface area contributed by atoms with Crippen LogP contribution in [0.5, 0.6) is 0 Å². The molecule has 3 aromatic rings. The van der Waals surface area contributed by atoms with Gasteiger partial charge in [-0.25, -0.2) is 0 Å². The van der Waals surface area contributed by atoms with E-state index in [1.165, 1.54) is 6.92 Å². The second-order valence-corrected chi connectivity index (χ2v) is 5.24. The van der Waals surface area contributed by atoms with Gasteiger partial charge in [0.15, 0.2) is 0 Å². The normalized spacial score (nSPS) is 10.1. The number of nitrogens with zero attached hydrogens (tertiary/aromatic N) is 3. The first-order valence-corrected chi connectivity index (χ1v) is 7.55. The van der Waals surface area contributed by atoms with Gasteiger partial charge in [-0.15, -0.1) is 0 Å². The number of carbonyl (C=O) groups excluding carboxylic acids is 1. The Balaban J connectivity index is 1.75. The molecule has 0 bridgehead atoms. The molecule has 5 N–H and O–H groups in total. The molecule has 2 aromatic heterocycles. The SMILES string of the molecule is CC(=O)Nc1ccc(Nc2cc(Nc3ccncc3)nc(N)n2)cc1. The van der Waals surface area contributed by atoms with E-state index >= 15 is 0 Å². The van der Waals surface area contributed by atoms with Crippen LogP contribution in [0.3, 0.4) is 0 Å². The number of rotatable bonds is 5. The molecular formula is C17H17N7O. The summed E-state index contributed by atoms with van der Waals surface area (Å²) in [7, 11) is 0. The summed E-state index contributed by atoms with van der Waals surface area (Å²) in [5, 5.41) is 9.01. The highest BCUT2D eigenvalue weighted by molar-refractivity contribution is 5.88. The van der Waals surface area contributed by atoms with Gasteiger partial charge in [0.05, 0.1) is 0 Å². The zero-order valence-electron chi connectivity index (χ0n) is 13.5. The van der Waals surface area contributed by atoms with Crippen LogP contribution < -0.4 is 21.7 Å². The van der Waals surface area contributed by atoms with Crippen molar-refractivity contribution in [2.24, 2.45) is 0 Å². The fourth-order valence-electron chi connectivity index (χ4n) is 2.17. The molecule has 1 amide bonds. The van der Waals surface area contributed by atoms with Crippen molar-refractivity contribution >= 4 is 40.6 Å². The number of nitrogens with one attached hydrogen (secondary N) is 3. The summed E-state index contributed by atoms with van der Waals surface area (Å²) >= 11 is 0. The van der Waals surface area contributed by atoms with Crippen molar-refractivity contribution in [3.8, 4) is 0 Å². The van der Waals surface area contributed by atoms with E-state index in [0.717, 1.165) is 17.1 Å². The first-order valence-electron chi connectivity index (χ1n) is 7.55. The Bertz CT molecular complexity index is 866. The van der Waals surface area contributed by atoms with Crippen molar-refractivity contribution in [3.63, 3.8) is 0 Å². The van der Waals surface area contributed by atoms with E-state index in [-0.39, 0.29) is 11.9 Å². The molecule has 1 aromatic carbocycles. The van der Waals surface area contributed by atoms with E-state index in [9.17, 15) is 4.79 Å². The maximum absolute atomic E-state index is 11.0. The number of nitrogens with two attached hydrogens (primary N) is 1. The molecule has 0 saturated carbocycles. The average molecular weight is 335 g/mol. The van der Waals surface area contributed by atoms with E-state index in [4.69, 9.17) is 5.73 Å². The predicted octanol–water partition coefficient (Wildman–Crippen LogP) is 2.90. The Hall–Kier alpha value is -3.68. The first kappa shape index (κ1) is 16.2. The van der Waals surface area contributed by atoms with Crippen LogP contribution >= 0.6 is 0 Å². The third-order valence-corrected chi connectivity index (χ3v) is 3.17. The highest BCUT2D eigenvalue weighted by Gasteiger charge is 2.04. The van der Waals surface area contributed by atoms with Crippen LogP contribution in [0.25, 0.3) is 0 Å². The molecule has 0 aliphatic carbocycles. The standard InChI is InChI=1S/C17H17N7O/c1-11(25)20-12-2-4-13(5-3-12)21-15-10-16(24-17(18)23-15)22-14-6-8-19-9-7-14/h2-10H,1H3,(H,20,25)(H4,18,19,21,22,23,24). The highest BCUT2D eigenvalue weighted by atomic mass is 16.1. The highest BCUT2D eigenvalue weighted by Crippen LogP contribution is 2.22. The van der Waals surface area contributed by atoms with Crippen LogP contribution in [-0.4, -0.2) is 20.9 Å². The van der Waals surface area contributed by atoms with Gasteiger partial charge in [-0.1, -0.05) is 0 Å². The lowest BCUT2D eigenvalue weighted by Gasteiger charge is -2.10. The fourth-order valence-corrected chi connectivity index (χ4v) is 2.17. The Morgan fingerprint density at radius 3 is 1.96 bits per heavy atom. The molecule has 25 heavy (non-hydrogen) atoms. The molecule has 8 heteroatoms. The number of pyridine rings is 1. The summed E-state index contributed by atoms with van der Waals surface area (Å²) in [5.74, 6) is 1.15. The lowest BCUT2D eigenvalue weighted by molar-refractivity contribution is -0.114. The van der Waals surface area contributed by atoms with E-state index in [0.29, 0.717) is 11.6 Å². The van der Waals surface area contributed by atoms with Crippen molar-refractivity contribution < 1.29 is 4.79 Å². The zero-order valence-corrected chi connectivity index (χ0v) is 13.5. The maximum atomic E-state index is 11.0. The minimum Gasteiger partial charge on any atom is -0.368 e. The first-order chi connectivity index (χ1) is 12.1. The van der Waals surface area contributed by atoms with Gasteiger partial charge in [0, 0.05) is 42.4 Å². The number of nitrogen functional groups attached to an aromatic ring is 1. The van der Waals surface area contributed by atoms with Gasteiger partial charge < -0.3 is 21.7 Å². The molecule has 3 rings (SSSR count). The second-order valence-electron chi connectivity index (χ2n) is 5.24. The predicted molar refractivity (Wildman–Crippen MR) is 98.0 cm³/mol. The van der Waals surface area contributed by atoms with Crippen molar-refractivity contribution in [1.29, 1.82) is 0 Å². The van der Waals surface area contributed by atoms with Crippen LogP contribution in [0.2, 0.25) is 0 Å². The molecule has 0 unspecified atom stereocenters. The van der Waals surface area contributed by atoms with E-state index in [1.807, 2.05) is 24.3 Å². The quantitative estimate of drug-likeness (QED) is 0.566. The molecular weight excluding hydrogens is 318 g/mol. The molecule has 0 radical (unpaired) electrons. The third kappa shape index (κ3) is 4.64. The topological polar surface area (TPSA) is 118 Å². The average Bonchev–Trinajstić information content (AvgIpc) is 2.56. The summed E-state index contributed by atoms with van der Waals surface area (Å²) < 4.78 is 0. The third-order valence-electron chi connectivity index (χ3n) is 3.17. The Morgan fingerprint density at radius 1 is 0.880 bits per heavy atom. The number of hydrogen-bond donors (Lipinski definition) is 4. The monoisotopic (exact) mass is 335 g/mol. The number of benzene rings is 1. The largest absolute Gasteiger partial charge is 0.368 e. The summed E-state index contributed by atoms with van der Waals surface area (Å²) in [5.41, 5.74) is 8.16. The van der Waals surface area contributed by atoms with E-state index < -0.39 is 0 Å². The minimum absolute atomic E-state index is 0.115. The van der Waals surface area contributed by atoms with Crippen LogP contribution in [0.1, 0.15) is 6.92 Å². The fraction of sp³-hybridized carbons (Fsp3) is 0.0588. The molecule has 0 saturated heterocycles. The molecule has 2 heterocycles. The molecule has 8 nitrogen and oxygen atoms in total. The Morgan fingerprint density at radius 2 is 1.40 bits per heavy atom. The molecule has 126 valence electrons. The summed E-state index contributed by atoms with van der Waals surface area (Å²) in [6.07, 6.45) is 3.37. The van der Waals surface area contributed by atoms with Gasteiger partial charge in [0.25, 0.3) is 0 Å². The maximum Gasteiger partial charge on any atom is 0.223 e. The summed E-state index contributed by atoms with van der Waals surface area (Å²) in [4.78, 5) is 23.4. The smallest absolute Gasteiger partial charge is 0.223 e. The molecule has 0 aliphatic heterocycles. The number of anilines is 6. The number of carbonyl (C=O) groups is 1. The van der Waals surface area contributed by atoms with Crippen LogP contribution in [0.4, 0.5) is 34.6 Å². The second kappa shape index (κ2) is 7.26. The van der Waals surface area contributed by atoms with Gasteiger partial charge in [-0.05, 0) is 36.4 Å². The van der Waals surface area contributed by atoms with Gasteiger partial charge in [-0.3, -0.25) is 9.78 Å². The van der Waals surface area contributed by atoms with Gasteiger partial charge in [0.1, 0.15) is 11.6 Å². The molecule has 0 fully saturated rings. The minimum atomic E-state index is -0.115. The van der Waals surface area contributed by atoms with Crippen molar-refractivity contribution in [2.75, 3.05) is 21.7 Å². The van der Waals surface area contributed by atoms with E-state index in [1.54, 1.807) is 30.6 Å². The van der Waals surface area contributed by atoms with Crippen LogP contribution in [-0.2, 0) is 4.79 Å². The number of amides is 1. The van der Waals surface area contributed by atoms with Crippen LogP contribution in [0.15, 0.2) is 54.9 Å². The van der Waals surface area contributed by atoms with Gasteiger partial charge in [0.2, 0.25) is 11.9 Å². The Kier molecular flexibility index (Phi) is 4.70. The molecule has 0 aliphatic rings. The number of aromatic nitrogens is 3. The lowest BCUT2D eigenvalue weighted by atomic mass is 10.2. The molecule has 0 atom stereocenters. The molecule has 0 spiro atoms. The van der Waals surface area contributed by atoms with Gasteiger partial charge in [-0.2, -0.15) is 9.97 Å².